The first-order valence-electron chi connectivity index (χ1n) is 7.45. The predicted octanol–water partition coefficient (Wildman–Crippen LogP) is 3.78. The number of nitrogens with one attached hydrogen (secondary N) is 1. The third kappa shape index (κ3) is 3.41. The Kier molecular flexibility index (Phi) is 4.97. The topological polar surface area (TPSA) is 69.4 Å². The van der Waals surface area contributed by atoms with Gasteiger partial charge in [0.15, 0.2) is 29.0 Å². The molecule has 136 valence electrons. The standard InChI is InChI=1S/C17H14F3N3O3/c1-24-12-6-3-9(7-13(12)25-2)17-23-22-14(26-17)8-21-11-5-4-10(18)15(19)16(11)20/h3-7,21H,8H2,1-2H3. The molecule has 0 unspecified atom stereocenters. The predicted molar refractivity (Wildman–Crippen MR) is 86.5 cm³/mol. The van der Waals surface area contributed by atoms with Crippen LogP contribution in [-0.2, 0) is 6.54 Å². The summed E-state index contributed by atoms with van der Waals surface area (Å²) in [5.74, 6) is -2.73. The Balaban J connectivity index is 1.75. The highest BCUT2D eigenvalue weighted by atomic mass is 19.2. The van der Waals surface area contributed by atoms with Crippen molar-refractivity contribution in [3.8, 4) is 23.0 Å². The van der Waals surface area contributed by atoms with Crippen molar-refractivity contribution >= 4 is 5.69 Å². The van der Waals surface area contributed by atoms with Crippen molar-refractivity contribution in [3.05, 3.63) is 53.7 Å². The van der Waals surface area contributed by atoms with Crippen molar-refractivity contribution in [1.82, 2.24) is 10.2 Å². The highest BCUT2D eigenvalue weighted by Gasteiger charge is 2.15. The van der Waals surface area contributed by atoms with Crippen molar-refractivity contribution in [1.29, 1.82) is 0 Å². The number of rotatable bonds is 6. The molecule has 9 heteroatoms. The van der Waals surface area contributed by atoms with Gasteiger partial charge >= 0.3 is 0 Å². The minimum atomic E-state index is -1.55. The van der Waals surface area contributed by atoms with Crippen LogP contribution in [0.25, 0.3) is 11.5 Å². The number of hydrogen-bond acceptors (Lipinski definition) is 6. The third-order valence-corrected chi connectivity index (χ3v) is 3.56. The fraction of sp³-hybridized carbons (Fsp3) is 0.176. The van der Waals surface area contributed by atoms with Crippen LogP contribution in [0.1, 0.15) is 5.89 Å². The number of halogens is 3. The average molecular weight is 365 g/mol. The summed E-state index contributed by atoms with van der Waals surface area (Å²) < 4.78 is 55.6. The minimum absolute atomic E-state index is 0.0672. The normalized spacial score (nSPS) is 10.7. The van der Waals surface area contributed by atoms with Gasteiger partial charge in [0.25, 0.3) is 0 Å². The number of anilines is 1. The van der Waals surface area contributed by atoms with Crippen LogP contribution in [0, 0.1) is 17.5 Å². The lowest BCUT2D eigenvalue weighted by Gasteiger charge is -2.07. The number of ether oxygens (including phenoxy) is 2. The Hall–Kier alpha value is -3.23. The molecule has 0 saturated carbocycles. The zero-order valence-electron chi connectivity index (χ0n) is 13.8. The number of hydrogen-bond donors (Lipinski definition) is 1. The summed E-state index contributed by atoms with van der Waals surface area (Å²) in [5, 5.41) is 10.3. The highest BCUT2D eigenvalue weighted by Crippen LogP contribution is 2.31. The summed E-state index contributed by atoms with van der Waals surface area (Å²) in [4.78, 5) is 0. The second-order valence-electron chi connectivity index (χ2n) is 5.15. The summed E-state index contributed by atoms with van der Waals surface area (Å²) in [6.45, 7) is -0.0672. The van der Waals surface area contributed by atoms with Gasteiger partial charge in [-0.3, -0.25) is 0 Å². The molecular weight excluding hydrogens is 351 g/mol. The molecule has 1 aromatic heterocycles. The van der Waals surface area contributed by atoms with Crippen molar-refractivity contribution in [2.75, 3.05) is 19.5 Å². The van der Waals surface area contributed by atoms with Crippen LogP contribution in [0.4, 0.5) is 18.9 Å². The molecule has 6 nitrogen and oxygen atoms in total. The number of methoxy groups -OCH3 is 2. The van der Waals surface area contributed by atoms with E-state index >= 15 is 0 Å². The first kappa shape index (κ1) is 17.6. The molecule has 1 heterocycles. The van der Waals surface area contributed by atoms with Gasteiger partial charge in [0.2, 0.25) is 11.8 Å². The van der Waals surface area contributed by atoms with E-state index in [2.05, 4.69) is 15.5 Å². The Morgan fingerprint density at radius 2 is 1.73 bits per heavy atom. The molecule has 0 aliphatic heterocycles. The summed E-state index contributed by atoms with van der Waals surface area (Å²) in [6, 6.07) is 6.97. The Bertz CT molecular complexity index is 931. The van der Waals surface area contributed by atoms with E-state index in [4.69, 9.17) is 13.9 Å². The van der Waals surface area contributed by atoms with Gasteiger partial charge in [-0.15, -0.1) is 10.2 Å². The summed E-state index contributed by atoms with van der Waals surface area (Å²) in [6.07, 6.45) is 0. The molecule has 0 amide bonds. The molecule has 26 heavy (non-hydrogen) atoms. The number of aromatic nitrogens is 2. The molecule has 0 atom stereocenters. The van der Waals surface area contributed by atoms with Gasteiger partial charge in [0.05, 0.1) is 26.5 Å². The van der Waals surface area contributed by atoms with Crippen LogP contribution >= 0.6 is 0 Å². The first-order chi connectivity index (χ1) is 12.5. The molecule has 0 spiro atoms. The molecule has 0 aliphatic carbocycles. The smallest absolute Gasteiger partial charge is 0.247 e. The van der Waals surface area contributed by atoms with E-state index in [0.717, 1.165) is 12.1 Å². The first-order valence-corrected chi connectivity index (χ1v) is 7.45. The Labute approximate surface area is 146 Å². The third-order valence-electron chi connectivity index (χ3n) is 3.56. The molecule has 1 N–H and O–H groups in total. The SMILES string of the molecule is COc1ccc(-c2nnc(CNc3ccc(F)c(F)c3F)o2)cc1OC. The van der Waals surface area contributed by atoms with Gasteiger partial charge in [0, 0.05) is 5.56 Å². The van der Waals surface area contributed by atoms with Crippen LogP contribution in [0.3, 0.4) is 0 Å². The molecule has 0 aliphatic rings. The van der Waals surface area contributed by atoms with Gasteiger partial charge in [-0.25, -0.2) is 13.2 Å². The monoisotopic (exact) mass is 365 g/mol. The van der Waals surface area contributed by atoms with E-state index in [1.54, 1.807) is 18.2 Å². The molecule has 0 saturated heterocycles. The summed E-state index contributed by atoms with van der Waals surface area (Å²) >= 11 is 0. The molecule has 2 aromatic carbocycles. The lowest BCUT2D eigenvalue weighted by atomic mass is 10.2. The van der Waals surface area contributed by atoms with E-state index in [9.17, 15) is 13.2 Å². The van der Waals surface area contributed by atoms with Crippen LogP contribution in [0.2, 0.25) is 0 Å². The number of nitrogens with zero attached hydrogens (tertiary/aromatic N) is 2. The van der Waals surface area contributed by atoms with Gasteiger partial charge in [-0.05, 0) is 30.3 Å². The van der Waals surface area contributed by atoms with Gasteiger partial charge in [0.1, 0.15) is 0 Å². The fourth-order valence-electron chi connectivity index (χ4n) is 2.24. The second-order valence-corrected chi connectivity index (χ2v) is 5.15. The molecule has 3 rings (SSSR count). The van der Waals surface area contributed by atoms with E-state index in [-0.39, 0.29) is 24.0 Å². The van der Waals surface area contributed by atoms with Crippen molar-refractivity contribution in [3.63, 3.8) is 0 Å². The van der Waals surface area contributed by atoms with Gasteiger partial charge in [-0.2, -0.15) is 0 Å². The van der Waals surface area contributed by atoms with Gasteiger partial charge in [-0.1, -0.05) is 0 Å². The molecule has 3 aromatic rings. The maximum Gasteiger partial charge on any atom is 0.247 e. The maximum atomic E-state index is 13.6. The zero-order chi connectivity index (χ0) is 18.7. The maximum absolute atomic E-state index is 13.6. The molecule has 0 bridgehead atoms. The number of benzene rings is 2. The van der Waals surface area contributed by atoms with Crippen molar-refractivity contribution in [2.45, 2.75) is 6.54 Å². The summed E-state index contributed by atoms with van der Waals surface area (Å²) in [5.41, 5.74) is 0.384. The Morgan fingerprint density at radius 1 is 0.962 bits per heavy atom. The van der Waals surface area contributed by atoms with Gasteiger partial charge < -0.3 is 19.2 Å². The average Bonchev–Trinajstić information content (AvgIpc) is 3.14. The van der Waals surface area contributed by atoms with Crippen LogP contribution < -0.4 is 14.8 Å². The van der Waals surface area contributed by atoms with Crippen molar-refractivity contribution < 1.29 is 27.1 Å². The lowest BCUT2D eigenvalue weighted by Crippen LogP contribution is -2.04. The highest BCUT2D eigenvalue weighted by molar-refractivity contribution is 5.59. The van der Waals surface area contributed by atoms with E-state index in [1.807, 2.05) is 0 Å². The summed E-state index contributed by atoms with van der Waals surface area (Å²) in [7, 11) is 3.02. The largest absolute Gasteiger partial charge is 0.493 e. The van der Waals surface area contributed by atoms with E-state index in [0.29, 0.717) is 17.1 Å². The molecule has 0 fully saturated rings. The van der Waals surface area contributed by atoms with Crippen LogP contribution in [0.15, 0.2) is 34.7 Å². The van der Waals surface area contributed by atoms with Crippen LogP contribution in [-0.4, -0.2) is 24.4 Å². The van der Waals surface area contributed by atoms with Crippen molar-refractivity contribution in [2.24, 2.45) is 0 Å². The molecule has 0 radical (unpaired) electrons. The quantitative estimate of drug-likeness (QED) is 0.671. The Morgan fingerprint density at radius 3 is 2.46 bits per heavy atom. The second kappa shape index (κ2) is 7.34. The fourth-order valence-corrected chi connectivity index (χ4v) is 2.24. The zero-order valence-corrected chi connectivity index (χ0v) is 13.8. The van der Waals surface area contributed by atoms with E-state index in [1.165, 1.54) is 14.2 Å². The minimum Gasteiger partial charge on any atom is -0.493 e. The van der Waals surface area contributed by atoms with Crippen LogP contribution in [0.5, 0.6) is 11.5 Å². The molecular formula is C17H14F3N3O3. The lowest BCUT2D eigenvalue weighted by molar-refractivity contribution is 0.355. The van der Waals surface area contributed by atoms with E-state index < -0.39 is 17.5 Å².